The van der Waals surface area contributed by atoms with Crippen molar-refractivity contribution in [3.8, 4) is 5.75 Å². The summed E-state index contributed by atoms with van der Waals surface area (Å²) < 4.78 is 22.0. The molecule has 2 rings (SSSR count). The lowest BCUT2D eigenvalue weighted by atomic mass is 9.85. The van der Waals surface area contributed by atoms with Crippen LogP contribution in [0.25, 0.3) is 0 Å². The molecule has 1 aliphatic carbocycles. The number of phenols is 1. The Kier molecular flexibility index (Phi) is 3.13. The number of benzene rings is 1. The molecule has 1 unspecified atom stereocenters. The largest absolute Gasteiger partial charge is 0.508 e. The Hall–Kier alpha value is -0.740. The van der Waals surface area contributed by atoms with Crippen LogP contribution in [-0.2, 0) is 21.9 Å². The van der Waals surface area contributed by atoms with Crippen molar-refractivity contribution in [2.75, 3.05) is 5.75 Å². The van der Waals surface area contributed by atoms with Gasteiger partial charge in [0, 0.05) is 10.7 Å². The van der Waals surface area contributed by atoms with Crippen molar-refractivity contribution in [1.29, 1.82) is 0 Å². The van der Waals surface area contributed by atoms with Crippen molar-refractivity contribution >= 4 is 19.7 Å². The van der Waals surface area contributed by atoms with E-state index >= 15 is 0 Å². The summed E-state index contributed by atoms with van der Waals surface area (Å²) in [5.74, 6) is 0.314. The first kappa shape index (κ1) is 11.7. The molecule has 1 N–H and O–H groups in total. The maximum absolute atomic E-state index is 11.0. The van der Waals surface area contributed by atoms with Gasteiger partial charge < -0.3 is 5.11 Å². The van der Waals surface area contributed by atoms with Crippen molar-refractivity contribution in [2.24, 2.45) is 5.92 Å². The molecular formula is C11H13ClO3S. The Balaban J connectivity index is 2.17. The number of aryl methyl sites for hydroxylation is 1. The van der Waals surface area contributed by atoms with Crippen LogP contribution in [0.2, 0.25) is 0 Å². The first-order valence-corrected chi connectivity index (χ1v) is 7.65. The molecule has 88 valence electrons. The topological polar surface area (TPSA) is 54.4 Å². The highest BCUT2D eigenvalue weighted by atomic mass is 35.7. The molecule has 0 saturated carbocycles. The fraction of sp³-hybridized carbons (Fsp3) is 0.455. The van der Waals surface area contributed by atoms with E-state index in [0.29, 0.717) is 6.42 Å². The van der Waals surface area contributed by atoms with Crippen LogP contribution < -0.4 is 0 Å². The molecule has 3 nitrogen and oxygen atoms in total. The third-order valence-electron chi connectivity index (χ3n) is 2.96. The highest BCUT2D eigenvalue weighted by Crippen LogP contribution is 2.29. The number of aromatic hydroxyl groups is 1. The van der Waals surface area contributed by atoms with Gasteiger partial charge in [0.15, 0.2) is 0 Å². The maximum Gasteiger partial charge on any atom is 0.232 e. The minimum absolute atomic E-state index is 0.0175. The van der Waals surface area contributed by atoms with Crippen LogP contribution >= 0.6 is 10.7 Å². The van der Waals surface area contributed by atoms with Crippen molar-refractivity contribution in [3.05, 3.63) is 29.3 Å². The molecule has 1 aromatic rings. The molecule has 0 heterocycles. The molecule has 0 aliphatic heterocycles. The van der Waals surface area contributed by atoms with Crippen LogP contribution in [0.3, 0.4) is 0 Å². The quantitative estimate of drug-likeness (QED) is 0.829. The number of fused-ring (bicyclic) bond motifs is 1. The second kappa shape index (κ2) is 4.26. The first-order valence-electron chi connectivity index (χ1n) is 5.17. The zero-order chi connectivity index (χ0) is 11.8. The first-order chi connectivity index (χ1) is 7.44. The van der Waals surface area contributed by atoms with E-state index in [1.54, 1.807) is 12.1 Å². The highest BCUT2D eigenvalue weighted by molar-refractivity contribution is 8.13. The van der Waals surface area contributed by atoms with Gasteiger partial charge in [-0.05, 0) is 48.4 Å². The normalized spacial score (nSPS) is 20.4. The standard InChI is InChI=1S/C11H13ClO3S/c12-16(14,15)7-8-1-2-9-3-4-11(13)6-10(9)5-8/h3-4,6,8,13H,1-2,5,7H2. The van der Waals surface area contributed by atoms with Gasteiger partial charge in [-0.25, -0.2) is 8.42 Å². The number of rotatable bonds is 2. The minimum atomic E-state index is -3.43. The van der Waals surface area contributed by atoms with Crippen LogP contribution in [0.15, 0.2) is 18.2 Å². The maximum atomic E-state index is 11.0. The van der Waals surface area contributed by atoms with Crippen molar-refractivity contribution in [2.45, 2.75) is 19.3 Å². The minimum Gasteiger partial charge on any atom is -0.508 e. The smallest absolute Gasteiger partial charge is 0.232 e. The molecule has 0 fully saturated rings. The lowest BCUT2D eigenvalue weighted by molar-refractivity contribution is 0.465. The van der Waals surface area contributed by atoms with E-state index in [1.807, 2.05) is 6.07 Å². The summed E-state index contributed by atoms with van der Waals surface area (Å²) in [6.07, 6.45) is 2.37. The van der Waals surface area contributed by atoms with Crippen LogP contribution in [0.1, 0.15) is 17.5 Å². The Morgan fingerprint density at radius 1 is 1.38 bits per heavy atom. The van der Waals surface area contributed by atoms with E-state index < -0.39 is 9.05 Å². The Labute approximate surface area is 99.5 Å². The summed E-state index contributed by atoms with van der Waals surface area (Å²) >= 11 is 0. The van der Waals surface area contributed by atoms with Crippen molar-refractivity contribution in [3.63, 3.8) is 0 Å². The number of hydrogen-bond donors (Lipinski definition) is 1. The Morgan fingerprint density at radius 2 is 2.12 bits per heavy atom. The van der Waals surface area contributed by atoms with E-state index in [9.17, 15) is 13.5 Å². The van der Waals surface area contributed by atoms with Gasteiger partial charge in [0.2, 0.25) is 9.05 Å². The zero-order valence-corrected chi connectivity index (χ0v) is 10.3. The van der Waals surface area contributed by atoms with E-state index in [2.05, 4.69) is 0 Å². The van der Waals surface area contributed by atoms with Gasteiger partial charge in [-0.1, -0.05) is 6.07 Å². The molecular weight excluding hydrogens is 248 g/mol. The van der Waals surface area contributed by atoms with Gasteiger partial charge >= 0.3 is 0 Å². The molecule has 0 spiro atoms. The van der Waals surface area contributed by atoms with Gasteiger partial charge in [-0.3, -0.25) is 0 Å². The average Bonchev–Trinajstić information content (AvgIpc) is 2.14. The summed E-state index contributed by atoms with van der Waals surface area (Å²) in [6, 6.07) is 5.27. The predicted octanol–water partition coefficient (Wildman–Crippen LogP) is 2.07. The molecule has 1 aliphatic rings. The lowest BCUT2D eigenvalue weighted by Gasteiger charge is -2.23. The SMILES string of the molecule is O=S(=O)(Cl)CC1CCc2ccc(O)cc2C1. The molecule has 5 heteroatoms. The lowest BCUT2D eigenvalue weighted by Crippen LogP contribution is -2.20. The van der Waals surface area contributed by atoms with Crippen molar-refractivity contribution in [1.82, 2.24) is 0 Å². The monoisotopic (exact) mass is 260 g/mol. The Morgan fingerprint density at radius 3 is 2.81 bits per heavy atom. The average molecular weight is 261 g/mol. The fourth-order valence-electron chi connectivity index (χ4n) is 2.24. The van der Waals surface area contributed by atoms with Gasteiger partial charge in [0.1, 0.15) is 5.75 Å². The van der Waals surface area contributed by atoms with Crippen molar-refractivity contribution < 1.29 is 13.5 Å². The van der Waals surface area contributed by atoms with Crippen LogP contribution in [0.5, 0.6) is 5.75 Å². The molecule has 0 amide bonds. The fourth-order valence-corrected chi connectivity index (χ4v) is 3.62. The summed E-state index contributed by atoms with van der Waals surface area (Å²) in [5, 5.41) is 9.36. The zero-order valence-electron chi connectivity index (χ0n) is 8.69. The predicted molar refractivity (Wildman–Crippen MR) is 63.3 cm³/mol. The summed E-state index contributed by atoms with van der Waals surface area (Å²) in [7, 11) is 1.82. The van der Waals surface area contributed by atoms with E-state index in [4.69, 9.17) is 10.7 Å². The number of halogens is 1. The molecule has 0 saturated heterocycles. The Bertz CT molecular complexity index is 496. The van der Waals surface area contributed by atoms with E-state index in [-0.39, 0.29) is 17.4 Å². The van der Waals surface area contributed by atoms with Crippen LogP contribution in [0.4, 0.5) is 0 Å². The number of phenolic OH excluding ortho intramolecular Hbond substituents is 1. The van der Waals surface area contributed by atoms with Gasteiger partial charge in [0.05, 0.1) is 5.75 Å². The van der Waals surface area contributed by atoms with Gasteiger partial charge in [0.25, 0.3) is 0 Å². The second-order valence-electron chi connectivity index (χ2n) is 4.27. The van der Waals surface area contributed by atoms with E-state index in [0.717, 1.165) is 18.4 Å². The molecule has 16 heavy (non-hydrogen) atoms. The third-order valence-corrected chi connectivity index (χ3v) is 4.20. The summed E-state index contributed by atoms with van der Waals surface area (Å²) in [5.41, 5.74) is 2.23. The van der Waals surface area contributed by atoms with E-state index in [1.165, 1.54) is 5.56 Å². The van der Waals surface area contributed by atoms with Gasteiger partial charge in [-0.15, -0.1) is 0 Å². The van der Waals surface area contributed by atoms with Crippen LogP contribution in [-0.4, -0.2) is 19.3 Å². The van der Waals surface area contributed by atoms with Crippen LogP contribution in [0, 0.1) is 5.92 Å². The third kappa shape index (κ3) is 2.89. The summed E-state index contributed by atoms with van der Waals surface area (Å²) in [4.78, 5) is 0. The molecule has 0 aromatic heterocycles. The molecule has 0 radical (unpaired) electrons. The molecule has 1 atom stereocenters. The van der Waals surface area contributed by atoms with Gasteiger partial charge in [-0.2, -0.15) is 0 Å². The summed E-state index contributed by atoms with van der Waals surface area (Å²) in [6.45, 7) is 0. The second-order valence-corrected chi connectivity index (χ2v) is 7.09. The molecule has 1 aromatic carbocycles. The number of hydrogen-bond acceptors (Lipinski definition) is 3. The highest BCUT2D eigenvalue weighted by Gasteiger charge is 2.23. The molecule has 0 bridgehead atoms.